The number of benzene rings is 1. The van der Waals surface area contributed by atoms with Crippen LogP contribution in [0.5, 0.6) is 0 Å². The third-order valence-electron chi connectivity index (χ3n) is 4.19. The van der Waals surface area contributed by atoms with E-state index in [1.807, 2.05) is 4.90 Å². The van der Waals surface area contributed by atoms with Crippen LogP contribution in [0.3, 0.4) is 0 Å². The summed E-state index contributed by atoms with van der Waals surface area (Å²) in [6.45, 7) is 1.28. The van der Waals surface area contributed by atoms with Crippen LogP contribution < -0.4 is 4.90 Å². The van der Waals surface area contributed by atoms with Gasteiger partial charge in [0.15, 0.2) is 17.3 Å². The van der Waals surface area contributed by atoms with Gasteiger partial charge in [0.2, 0.25) is 0 Å². The number of ketones is 1. The average molecular weight is 329 g/mol. The Morgan fingerprint density at radius 1 is 1.04 bits per heavy atom. The van der Waals surface area contributed by atoms with Gasteiger partial charge in [0.1, 0.15) is 5.82 Å². The van der Waals surface area contributed by atoms with E-state index in [9.17, 15) is 14.0 Å². The largest absolute Gasteiger partial charge is 0.476 e. The summed E-state index contributed by atoms with van der Waals surface area (Å²) in [5.41, 5.74) is 0.431. The van der Waals surface area contributed by atoms with Crippen LogP contribution in [0, 0.1) is 11.7 Å². The highest BCUT2D eigenvalue weighted by Crippen LogP contribution is 2.24. The maximum absolute atomic E-state index is 12.9. The summed E-state index contributed by atoms with van der Waals surface area (Å²) in [6.07, 6.45) is 1.33. The summed E-state index contributed by atoms with van der Waals surface area (Å²) < 4.78 is 12.9. The van der Waals surface area contributed by atoms with Gasteiger partial charge in [-0.25, -0.2) is 9.18 Å². The molecule has 0 amide bonds. The number of hydrogen-bond acceptors (Lipinski definition) is 5. The number of carbonyl (C=O) groups excluding carboxylic acids is 1. The zero-order chi connectivity index (χ0) is 17.1. The Kier molecular flexibility index (Phi) is 4.50. The highest BCUT2D eigenvalue weighted by Gasteiger charge is 2.26. The van der Waals surface area contributed by atoms with Crippen LogP contribution in [0.1, 0.15) is 33.7 Å². The molecule has 1 aliphatic rings. The van der Waals surface area contributed by atoms with Gasteiger partial charge in [-0.05, 0) is 49.2 Å². The molecule has 0 aliphatic carbocycles. The molecule has 3 rings (SSSR count). The number of aromatic nitrogens is 2. The number of carboxylic acids is 1. The van der Waals surface area contributed by atoms with Crippen molar-refractivity contribution in [1.82, 2.24) is 10.2 Å². The molecule has 24 heavy (non-hydrogen) atoms. The van der Waals surface area contributed by atoms with Crippen LogP contribution in [0.4, 0.5) is 10.2 Å². The summed E-state index contributed by atoms with van der Waals surface area (Å²) in [6, 6.07) is 8.66. The molecule has 0 radical (unpaired) electrons. The van der Waals surface area contributed by atoms with E-state index in [4.69, 9.17) is 5.11 Å². The summed E-state index contributed by atoms with van der Waals surface area (Å²) in [7, 11) is 0. The second kappa shape index (κ2) is 6.74. The summed E-state index contributed by atoms with van der Waals surface area (Å²) in [5, 5.41) is 16.4. The van der Waals surface area contributed by atoms with Gasteiger partial charge in [0.05, 0.1) is 0 Å². The molecule has 0 atom stereocenters. The third kappa shape index (κ3) is 3.40. The molecular weight excluding hydrogens is 313 g/mol. The van der Waals surface area contributed by atoms with Crippen LogP contribution in [0.15, 0.2) is 36.4 Å². The summed E-state index contributed by atoms with van der Waals surface area (Å²) >= 11 is 0. The van der Waals surface area contributed by atoms with Gasteiger partial charge in [0, 0.05) is 24.6 Å². The summed E-state index contributed by atoms with van der Waals surface area (Å²) in [4.78, 5) is 25.2. The number of nitrogens with zero attached hydrogens (tertiary/aromatic N) is 3. The topological polar surface area (TPSA) is 83.4 Å². The Bertz CT molecular complexity index is 739. The van der Waals surface area contributed by atoms with Crippen LogP contribution in [-0.2, 0) is 0 Å². The van der Waals surface area contributed by atoms with E-state index in [0.717, 1.165) is 0 Å². The zero-order valence-corrected chi connectivity index (χ0v) is 12.9. The first-order valence-corrected chi connectivity index (χ1v) is 7.66. The quantitative estimate of drug-likeness (QED) is 0.867. The van der Waals surface area contributed by atoms with Crippen molar-refractivity contribution >= 4 is 17.6 Å². The van der Waals surface area contributed by atoms with E-state index in [0.29, 0.717) is 37.3 Å². The fourth-order valence-corrected chi connectivity index (χ4v) is 2.83. The number of carbonyl (C=O) groups is 2. The van der Waals surface area contributed by atoms with Crippen molar-refractivity contribution in [3.05, 3.63) is 53.5 Å². The monoisotopic (exact) mass is 329 g/mol. The van der Waals surface area contributed by atoms with E-state index < -0.39 is 5.97 Å². The number of aromatic carboxylic acids is 1. The zero-order valence-electron chi connectivity index (χ0n) is 12.9. The molecule has 1 aromatic carbocycles. The number of rotatable bonds is 4. The van der Waals surface area contributed by atoms with Crippen molar-refractivity contribution in [1.29, 1.82) is 0 Å². The Balaban J connectivity index is 1.62. The molecular formula is C17H16FN3O3. The van der Waals surface area contributed by atoms with Gasteiger partial charge in [-0.1, -0.05) is 0 Å². The number of Topliss-reactive ketones (excluding diaryl/α,β-unsaturated/α-hetero) is 1. The molecule has 1 aromatic heterocycles. The van der Waals surface area contributed by atoms with Crippen molar-refractivity contribution in [2.45, 2.75) is 12.8 Å². The van der Waals surface area contributed by atoms with Crippen molar-refractivity contribution in [2.75, 3.05) is 18.0 Å². The maximum atomic E-state index is 12.9. The molecule has 2 heterocycles. The van der Waals surface area contributed by atoms with Gasteiger partial charge in [0.25, 0.3) is 0 Å². The van der Waals surface area contributed by atoms with Crippen LogP contribution in [0.2, 0.25) is 0 Å². The summed E-state index contributed by atoms with van der Waals surface area (Å²) in [5.74, 6) is -0.935. The first kappa shape index (κ1) is 16.0. The maximum Gasteiger partial charge on any atom is 0.356 e. The van der Waals surface area contributed by atoms with E-state index in [1.54, 1.807) is 6.07 Å². The van der Waals surface area contributed by atoms with Crippen molar-refractivity contribution in [3.63, 3.8) is 0 Å². The van der Waals surface area contributed by atoms with Gasteiger partial charge in [-0.15, -0.1) is 10.2 Å². The molecule has 2 aromatic rings. The molecule has 1 aliphatic heterocycles. The van der Waals surface area contributed by atoms with Crippen LogP contribution in [0.25, 0.3) is 0 Å². The predicted molar refractivity (Wildman–Crippen MR) is 84.7 cm³/mol. The predicted octanol–water partition coefficient (Wildman–Crippen LogP) is 2.41. The highest BCUT2D eigenvalue weighted by molar-refractivity contribution is 5.98. The van der Waals surface area contributed by atoms with Gasteiger partial charge >= 0.3 is 5.97 Å². The van der Waals surface area contributed by atoms with E-state index in [2.05, 4.69) is 10.2 Å². The number of anilines is 1. The molecule has 0 bridgehead atoms. The Labute approximate surface area is 137 Å². The Hall–Kier alpha value is -2.83. The number of carboxylic acid groups (broad SMARTS) is 1. The Morgan fingerprint density at radius 3 is 2.25 bits per heavy atom. The van der Waals surface area contributed by atoms with Gasteiger partial charge in [-0.3, -0.25) is 4.79 Å². The van der Waals surface area contributed by atoms with Crippen molar-refractivity contribution < 1.29 is 19.1 Å². The first-order chi connectivity index (χ1) is 11.5. The minimum atomic E-state index is -1.11. The Morgan fingerprint density at radius 2 is 1.71 bits per heavy atom. The molecule has 124 valence electrons. The molecule has 1 N–H and O–H groups in total. The standard InChI is InChI=1S/C17H16FN3O3/c18-13-3-1-11(2-4-13)16(22)12-7-9-21(10-8-12)15-6-5-14(17(23)24)19-20-15/h1-6,12H,7-10H2,(H,23,24). The normalized spacial score (nSPS) is 15.3. The van der Waals surface area contributed by atoms with Crippen LogP contribution >= 0.6 is 0 Å². The number of hydrogen-bond donors (Lipinski definition) is 1. The second-order valence-corrected chi connectivity index (χ2v) is 5.71. The van der Waals surface area contributed by atoms with E-state index in [1.165, 1.54) is 30.3 Å². The first-order valence-electron chi connectivity index (χ1n) is 7.66. The highest BCUT2D eigenvalue weighted by atomic mass is 19.1. The molecule has 1 saturated heterocycles. The minimum Gasteiger partial charge on any atom is -0.476 e. The molecule has 1 fully saturated rings. The average Bonchev–Trinajstić information content (AvgIpc) is 2.62. The lowest BCUT2D eigenvalue weighted by Gasteiger charge is -2.31. The lowest BCUT2D eigenvalue weighted by Crippen LogP contribution is -2.37. The lowest BCUT2D eigenvalue weighted by molar-refractivity contribution is 0.0688. The lowest BCUT2D eigenvalue weighted by atomic mass is 9.89. The smallest absolute Gasteiger partial charge is 0.356 e. The molecule has 7 heteroatoms. The van der Waals surface area contributed by atoms with Crippen LogP contribution in [-0.4, -0.2) is 40.1 Å². The van der Waals surface area contributed by atoms with Gasteiger partial charge in [-0.2, -0.15) is 0 Å². The van der Waals surface area contributed by atoms with Crippen molar-refractivity contribution in [3.8, 4) is 0 Å². The molecule has 0 spiro atoms. The number of halogens is 1. The fraction of sp³-hybridized carbons (Fsp3) is 0.294. The SMILES string of the molecule is O=C(O)c1ccc(N2CCC(C(=O)c3ccc(F)cc3)CC2)nn1. The fourth-order valence-electron chi connectivity index (χ4n) is 2.83. The molecule has 6 nitrogen and oxygen atoms in total. The van der Waals surface area contributed by atoms with E-state index in [-0.39, 0.29) is 23.2 Å². The molecule has 0 saturated carbocycles. The second-order valence-electron chi connectivity index (χ2n) is 5.71. The van der Waals surface area contributed by atoms with Crippen molar-refractivity contribution in [2.24, 2.45) is 5.92 Å². The van der Waals surface area contributed by atoms with E-state index >= 15 is 0 Å². The third-order valence-corrected chi connectivity index (χ3v) is 4.19. The number of piperidine rings is 1. The minimum absolute atomic E-state index is 0.0296. The molecule has 0 unspecified atom stereocenters. The van der Waals surface area contributed by atoms with Gasteiger partial charge < -0.3 is 10.0 Å².